The van der Waals surface area contributed by atoms with Gasteiger partial charge in [-0.15, -0.1) is 0 Å². The van der Waals surface area contributed by atoms with Crippen molar-refractivity contribution in [2.24, 2.45) is 0 Å². The summed E-state index contributed by atoms with van der Waals surface area (Å²) < 4.78 is 35.2. The Bertz CT molecular complexity index is 774. The molecule has 0 spiro atoms. The second-order valence-corrected chi connectivity index (χ2v) is 7.67. The van der Waals surface area contributed by atoms with Gasteiger partial charge in [-0.05, 0) is 36.9 Å². The van der Waals surface area contributed by atoms with Crippen molar-refractivity contribution in [3.63, 3.8) is 0 Å². The summed E-state index contributed by atoms with van der Waals surface area (Å²) in [5.41, 5.74) is 1.06. The smallest absolute Gasteiger partial charge is 0.231 e. The zero-order valence-corrected chi connectivity index (χ0v) is 13.8. The number of rotatable bonds is 6. The Kier molecular flexibility index (Phi) is 4.54. The zero-order chi connectivity index (χ0) is 16.3. The number of benzene rings is 2. The summed E-state index contributed by atoms with van der Waals surface area (Å²) >= 11 is 0. The van der Waals surface area contributed by atoms with Crippen LogP contribution in [-0.2, 0) is 16.4 Å². The van der Waals surface area contributed by atoms with E-state index >= 15 is 0 Å². The van der Waals surface area contributed by atoms with Crippen LogP contribution in [0.5, 0.6) is 11.5 Å². The van der Waals surface area contributed by atoms with E-state index in [0.717, 1.165) is 17.1 Å². The van der Waals surface area contributed by atoms with Gasteiger partial charge >= 0.3 is 0 Å². The molecule has 0 fully saturated rings. The van der Waals surface area contributed by atoms with E-state index < -0.39 is 9.84 Å². The number of ether oxygens (including phenoxy) is 2. The lowest BCUT2D eigenvalue weighted by Gasteiger charge is -2.17. The minimum atomic E-state index is -3.24. The van der Waals surface area contributed by atoms with Gasteiger partial charge in [-0.25, -0.2) is 8.42 Å². The predicted molar refractivity (Wildman–Crippen MR) is 87.4 cm³/mol. The molecule has 0 atom stereocenters. The van der Waals surface area contributed by atoms with Gasteiger partial charge in [0.05, 0.1) is 10.6 Å². The van der Waals surface area contributed by atoms with Gasteiger partial charge in [0.15, 0.2) is 21.3 Å². The quantitative estimate of drug-likeness (QED) is 0.812. The fourth-order valence-corrected chi connectivity index (χ4v) is 3.81. The second-order valence-electron chi connectivity index (χ2n) is 5.56. The van der Waals surface area contributed by atoms with Gasteiger partial charge in [-0.1, -0.05) is 24.3 Å². The first-order valence-electron chi connectivity index (χ1n) is 7.39. The van der Waals surface area contributed by atoms with Crippen LogP contribution >= 0.6 is 0 Å². The largest absolute Gasteiger partial charge is 0.454 e. The van der Waals surface area contributed by atoms with Gasteiger partial charge in [0.1, 0.15) is 0 Å². The van der Waals surface area contributed by atoms with Crippen molar-refractivity contribution in [2.45, 2.75) is 11.4 Å². The van der Waals surface area contributed by atoms with Crippen molar-refractivity contribution in [3.05, 3.63) is 54.1 Å². The lowest BCUT2D eigenvalue weighted by atomic mass is 10.2. The summed E-state index contributed by atoms with van der Waals surface area (Å²) in [6.07, 6.45) is 0. The first-order valence-corrected chi connectivity index (χ1v) is 9.05. The highest BCUT2D eigenvalue weighted by Crippen LogP contribution is 2.32. The van der Waals surface area contributed by atoms with Crippen molar-refractivity contribution in [3.8, 4) is 11.5 Å². The van der Waals surface area contributed by atoms with E-state index in [1.807, 2.05) is 36.2 Å². The number of fused-ring (bicyclic) bond motifs is 1. The molecule has 1 heterocycles. The van der Waals surface area contributed by atoms with Gasteiger partial charge in [-0.2, -0.15) is 0 Å². The highest BCUT2D eigenvalue weighted by atomic mass is 32.2. The summed E-state index contributed by atoms with van der Waals surface area (Å²) in [4.78, 5) is 2.36. The van der Waals surface area contributed by atoms with E-state index in [1.54, 1.807) is 24.3 Å². The lowest BCUT2D eigenvalue weighted by molar-refractivity contribution is 0.174. The van der Waals surface area contributed by atoms with E-state index in [1.165, 1.54) is 0 Å². The number of hydrogen-bond acceptors (Lipinski definition) is 5. The molecule has 0 bridgehead atoms. The molecule has 2 aromatic rings. The van der Waals surface area contributed by atoms with Crippen molar-refractivity contribution < 1.29 is 17.9 Å². The average Bonchev–Trinajstić information content (AvgIpc) is 3.02. The number of sulfone groups is 1. The molecule has 0 amide bonds. The van der Waals surface area contributed by atoms with Crippen LogP contribution < -0.4 is 9.47 Å². The fourth-order valence-electron chi connectivity index (χ4n) is 2.45. The second kappa shape index (κ2) is 6.60. The standard InChI is InChI=1S/C17H19NO4S/c1-18(9-10-23(19,20)15-5-3-2-4-6-15)12-14-7-8-16-17(11-14)22-13-21-16/h2-8,11H,9-10,12-13H2,1H3. The van der Waals surface area contributed by atoms with Gasteiger partial charge in [0, 0.05) is 13.1 Å². The Morgan fingerprint density at radius 2 is 1.78 bits per heavy atom. The van der Waals surface area contributed by atoms with Gasteiger partial charge in [0.25, 0.3) is 0 Å². The molecule has 0 N–H and O–H groups in total. The monoisotopic (exact) mass is 333 g/mol. The molecule has 0 aromatic heterocycles. The van der Waals surface area contributed by atoms with Gasteiger partial charge in [0.2, 0.25) is 6.79 Å². The molecule has 1 aliphatic heterocycles. The van der Waals surface area contributed by atoms with Crippen LogP contribution in [0.25, 0.3) is 0 Å². The molecule has 0 aliphatic carbocycles. The third-order valence-corrected chi connectivity index (χ3v) is 5.44. The van der Waals surface area contributed by atoms with Crippen LogP contribution in [-0.4, -0.2) is 39.5 Å². The zero-order valence-electron chi connectivity index (χ0n) is 12.9. The average molecular weight is 333 g/mol. The summed E-state index contributed by atoms with van der Waals surface area (Å²) in [6, 6.07) is 14.3. The third kappa shape index (κ3) is 3.83. The molecule has 2 aromatic carbocycles. The molecule has 0 saturated carbocycles. The maximum absolute atomic E-state index is 12.3. The van der Waals surface area contributed by atoms with E-state index in [-0.39, 0.29) is 12.5 Å². The summed E-state index contributed by atoms with van der Waals surface area (Å²) in [5, 5.41) is 0. The highest BCUT2D eigenvalue weighted by molar-refractivity contribution is 7.91. The van der Waals surface area contributed by atoms with Crippen LogP contribution in [0, 0.1) is 0 Å². The Labute approximate surface area is 136 Å². The van der Waals surface area contributed by atoms with Crippen LogP contribution in [0.2, 0.25) is 0 Å². The topological polar surface area (TPSA) is 55.8 Å². The maximum atomic E-state index is 12.3. The molecular weight excluding hydrogens is 314 g/mol. The Morgan fingerprint density at radius 3 is 2.57 bits per heavy atom. The van der Waals surface area contributed by atoms with E-state index in [4.69, 9.17) is 9.47 Å². The van der Waals surface area contributed by atoms with Crippen LogP contribution in [0.3, 0.4) is 0 Å². The molecule has 122 valence electrons. The van der Waals surface area contributed by atoms with Crippen molar-refractivity contribution in [1.29, 1.82) is 0 Å². The molecular formula is C17H19NO4S. The van der Waals surface area contributed by atoms with E-state index in [2.05, 4.69) is 0 Å². The summed E-state index contributed by atoms with van der Waals surface area (Å²) in [7, 11) is -1.34. The number of nitrogens with zero attached hydrogens (tertiary/aromatic N) is 1. The Balaban J connectivity index is 1.58. The van der Waals surface area contributed by atoms with Crippen molar-refractivity contribution in [2.75, 3.05) is 26.1 Å². The fraction of sp³-hybridized carbons (Fsp3) is 0.294. The van der Waals surface area contributed by atoms with Crippen molar-refractivity contribution >= 4 is 9.84 Å². The Morgan fingerprint density at radius 1 is 1.04 bits per heavy atom. The molecule has 0 unspecified atom stereocenters. The molecule has 3 rings (SSSR count). The number of hydrogen-bond donors (Lipinski definition) is 0. The van der Waals surface area contributed by atoms with Gasteiger partial charge < -0.3 is 14.4 Å². The highest BCUT2D eigenvalue weighted by Gasteiger charge is 2.16. The van der Waals surface area contributed by atoms with E-state index in [9.17, 15) is 8.42 Å². The van der Waals surface area contributed by atoms with Crippen LogP contribution in [0.15, 0.2) is 53.4 Å². The Hall–Kier alpha value is -2.05. The molecule has 23 heavy (non-hydrogen) atoms. The normalized spacial score (nSPS) is 13.5. The SMILES string of the molecule is CN(CCS(=O)(=O)c1ccccc1)Cc1ccc2c(c1)OCO2. The minimum Gasteiger partial charge on any atom is -0.454 e. The molecule has 1 aliphatic rings. The lowest BCUT2D eigenvalue weighted by Crippen LogP contribution is -2.25. The van der Waals surface area contributed by atoms with Crippen LogP contribution in [0.1, 0.15) is 5.56 Å². The maximum Gasteiger partial charge on any atom is 0.231 e. The third-order valence-electron chi connectivity index (χ3n) is 3.73. The first-order chi connectivity index (χ1) is 11.0. The summed E-state index contributed by atoms with van der Waals surface area (Å²) in [5.74, 6) is 1.59. The van der Waals surface area contributed by atoms with Crippen molar-refractivity contribution in [1.82, 2.24) is 4.90 Å². The van der Waals surface area contributed by atoms with Gasteiger partial charge in [-0.3, -0.25) is 0 Å². The summed E-state index contributed by atoms with van der Waals surface area (Å²) in [6.45, 7) is 1.37. The molecule has 0 saturated heterocycles. The van der Waals surface area contributed by atoms with E-state index in [0.29, 0.717) is 18.0 Å². The molecule has 6 heteroatoms. The molecule has 0 radical (unpaired) electrons. The molecule has 5 nitrogen and oxygen atoms in total. The van der Waals surface area contributed by atoms with Crippen LogP contribution in [0.4, 0.5) is 0 Å². The predicted octanol–water partition coefficient (Wildman–Crippen LogP) is 2.32. The first kappa shape index (κ1) is 15.8. The minimum absolute atomic E-state index is 0.0953.